The van der Waals surface area contributed by atoms with Crippen LogP contribution in [-0.2, 0) is 9.59 Å². The molecule has 27 heavy (non-hydrogen) atoms. The van der Waals surface area contributed by atoms with Crippen LogP contribution in [0.25, 0.3) is 0 Å². The lowest BCUT2D eigenvalue weighted by atomic mass is 10.1. The number of amides is 2. The molecule has 1 aromatic heterocycles. The molecular weight excluding hydrogens is 366 g/mol. The summed E-state index contributed by atoms with van der Waals surface area (Å²) in [6.45, 7) is 3.03. The molecule has 1 aromatic carbocycles. The minimum atomic E-state index is -0.298. The second-order valence-electron chi connectivity index (χ2n) is 6.74. The van der Waals surface area contributed by atoms with Crippen molar-refractivity contribution < 1.29 is 9.59 Å². The van der Waals surface area contributed by atoms with Crippen LogP contribution in [0.3, 0.4) is 0 Å². The van der Waals surface area contributed by atoms with Crippen molar-refractivity contribution in [1.29, 1.82) is 0 Å². The highest BCUT2D eigenvalue weighted by Crippen LogP contribution is 2.27. The van der Waals surface area contributed by atoms with E-state index in [1.54, 1.807) is 35.5 Å². The number of rotatable bonds is 3. The number of hydrogen-bond acceptors (Lipinski definition) is 5. The topological polar surface area (TPSA) is 69.6 Å². The van der Waals surface area contributed by atoms with Crippen molar-refractivity contribution >= 4 is 35.1 Å². The van der Waals surface area contributed by atoms with E-state index in [2.05, 4.69) is 14.9 Å². The molecule has 0 N–H and O–H groups in total. The fraction of sp³-hybridized carbons (Fsp3) is 0.368. The molecule has 1 unspecified atom stereocenters. The molecule has 2 aliphatic heterocycles. The summed E-state index contributed by atoms with van der Waals surface area (Å²) in [6.07, 6.45) is 3.69. The van der Waals surface area contributed by atoms with Crippen LogP contribution in [0, 0.1) is 5.92 Å². The molecule has 8 heteroatoms. The van der Waals surface area contributed by atoms with E-state index >= 15 is 0 Å². The second kappa shape index (κ2) is 7.52. The molecule has 0 aliphatic carbocycles. The highest BCUT2D eigenvalue weighted by molar-refractivity contribution is 6.30. The smallest absolute Gasteiger partial charge is 0.228 e. The summed E-state index contributed by atoms with van der Waals surface area (Å²) >= 11 is 5.91. The van der Waals surface area contributed by atoms with Crippen molar-refractivity contribution in [3.05, 3.63) is 47.7 Å². The average Bonchev–Trinajstić information content (AvgIpc) is 3.10. The molecule has 0 saturated carbocycles. The number of halogens is 1. The number of carbonyl (C=O) groups is 2. The molecule has 2 aliphatic rings. The average molecular weight is 386 g/mol. The number of benzene rings is 1. The molecule has 4 rings (SSSR count). The Hall–Kier alpha value is -2.67. The van der Waals surface area contributed by atoms with Crippen molar-refractivity contribution in [1.82, 2.24) is 14.9 Å². The molecular formula is C19H20ClN5O2. The summed E-state index contributed by atoms with van der Waals surface area (Å²) < 4.78 is 0. The van der Waals surface area contributed by atoms with Gasteiger partial charge in [0.05, 0.1) is 5.92 Å². The van der Waals surface area contributed by atoms with E-state index in [-0.39, 0.29) is 24.2 Å². The lowest BCUT2D eigenvalue weighted by Crippen LogP contribution is -2.51. The van der Waals surface area contributed by atoms with Crippen molar-refractivity contribution in [2.45, 2.75) is 6.42 Å². The Labute approximate surface area is 162 Å². The van der Waals surface area contributed by atoms with Crippen LogP contribution < -0.4 is 9.80 Å². The van der Waals surface area contributed by atoms with Gasteiger partial charge in [-0.15, -0.1) is 0 Å². The molecule has 0 spiro atoms. The van der Waals surface area contributed by atoms with Gasteiger partial charge in [0.1, 0.15) is 0 Å². The van der Waals surface area contributed by atoms with Gasteiger partial charge in [0.25, 0.3) is 0 Å². The Balaban J connectivity index is 1.36. The van der Waals surface area contributed by atoms with E-state index in [9.17, 15) is 9.59 Å². The summed E-state index contributed by atoms with van der Waals surface area (Å²) in [5.74, 6) is 0.419. The maximum atomic E-state index is 12.9. The normalized spacial score (nSPS) is 20.3. The van der Waals surface area contributed by atoms with E-state index in [0.717, 1.165) is 5.69 Å². The summed E-state index contributed by atoms with van der Waals surface area (Å²) in [5.41, 5.74) is 0.783. The summed E-state index contributed by atoms with van der Waals surface area (Å²) in [4.78, 5) is 39.4. The van der Waals surface area contributed by atoms with Gasteiger partial charge in [-0.3, -0.25) is 9.59 Å². The minimum absolute atomic E-state index is 0.0213. The summed E-state index contributed by atoms with van der Waals surface area (Å²) in [5, 5.41) is 0.623. The fourth-order valence-electron chi connectivity index (χ4n) is 3.58. The molecule has 2 aromatic rings. The Morgan fingerprint density at radius 2 is 1.70 bits per heavy atom. The Kier molecular flexibility index (Phi) is 4.94. The number of hydrogen-bond donors (Lipinski definition) is 0. The SMILES string of the molecule is O=C(C1CC(=O)N(c2ccc(Cl)cc2)C1)N1CCN(c2ncccn2)CC1. The Morgan fingerprint density at radius 3 is 2.37 bits per heavy atom. The maximum absolute atomic E-state index is 12.9. The molecule has 0 radical (unpaired) electrons. The van der Waals surface area contributed by atoms with Crippen LogP contribution in [0.15, 0.2) is 42.7 Å². The largest absolute Gasteiger partial charge is 0.339 e. The highest BCUT2D eigenvalue weighted by atomic mass is 35.5. The van der Waals surface area contributed by atoms with E-state index in [0.29, 0.717) is 43.7 Å². The first-order chi connectivity index (χ1) is 13.1. The van der Waals surface area contributed by atoms with E-state index in [4.69, 9.17) is 11.6 Å². The van der Waals surface area contributed by atoms with Gasteiger partial charge in [0, 0.05) is 62.2 Å². The van der Waals surface area contributed by atoms with Crippen molar-refractivity contribution in [3.63, 3.8) is 0 Å². The Morgan fingerprint density at radius 1 is 1.04 bits per heavy atom. The molecule has 2 saturated heterocycles. The van der Waals surface area contributed by atoms with Crippen LogP contribution >= 0.6 is 11.6 Å². The predicted octanol–water partition coefficient (Wildman–Crippen LogP) is 1.83. The number of piperazine rings is 1. The van der Waals surface area contributed by atoms with Gasteiger partial charge in [-0.25, -0.2) is 9.97 Å². The molecule has 2 amide bonds. The van der Waals surface area contributed by atoms with Crippen LogP contribution in [0.2, 0.25) is 5.02 Å². The first kappa shape index (κ1) is 17.7. The van der Waals surface area contributed by atoms with Crippen LogP contribution in [-0.4, -0.2) is 59.4 Å². The van der Waals surface area contributed by atoms with Gasteiger partial charge in [-0.1, -0.05) is 11.6 Å². The zero-order chi connectivity index (χ0) is 18.8. The summed E-state index contributed by atoms with van der Waals surface area (Å²) in [6, 6.07) is 8.92. The van der Waals surface area contributed by atoms with Gasteiger partial charge >= 0.3 is 0 Å². The van der Waals surface area contributed by atoms with Gasteiger partial charge in [0.15, 0.2) is 0 Å². The van der Waals surface area contributed by atoms with Gasteiger partial charge < -0.3 is 14.7 Å². The standard InChI is InChI=1S/C19H20ClN5O2/c20-15-2-4-16(5-3-15)25-13-14(12-17(25)26)18(27)23-8-10-24(11-9-23)19-21-6-1-7-22-19/h1-7,14H,8-13H2. The van der Waals surface area contributed by atoms with E-state index < -0.39 is 0 Å². The number of carbonyl (C=O) groups excluding carboxylic acids is 2. The number of anilines is 2. The van der Waals surface area contributed by atoms with Crippen LogP contribution in [0.5, 0.6) is 0 Å². The highest BCUT2D eigenvalue weighted by Gasteiger charge is 2.38. The Bertz CT molecular complexity index is 822. The molecule has 1 atom stereocenters. The quantitative estimate of drug-likeness (QED) is 0.806. The molecule has 2 fully saturated rings. The van der Waals surface area contributed by atoms with Gasteiger partial charge in [-0.2, -0.15) is 0 Å². The van der Waals surface area contributed by atoms with Gasteiger partial charge in [0.2, 0.25) is 17.8 Å². The molecule has 3 heterocycles. The van der Waals surface area contributed by atoms with Gasteiger partial charge in [-0.05, 0) is 30.3 Å². The zero-order valence-electron chi connectivity index (χ0n) is 14.8. The third kappa shape index (κ3) is 3.73. The number of nitrogens with zero attached hydrogens (tertiary/aromatic N) is 5. The predicted molar refractivity (Wildman–Crippen MR) is 103 cm³/mol. The van der Waals surface area contributed by atoms with E-state index in [1.807, 2.05) is 17.0 Å². The second-order valence-corrected chi connectivity index (χ2v) is 7.18. The fourth-order valence-corrected chi connectivity index (χ4v) is 3.71. The van der Waals surface area contributed by atoms with Crippen LogP contribution in [0.1, 0.15) is 6.42 Å². The van der Waals surface area contributed by atoms with Crippen molar-refractivity contribution in [2.24, 2.45) is 5.92 Å². The zero-order valence-corrected chi connectivity index (χ0v) is 15.5. The first-order valence-electron chi connectivity index (χ1n) is 8.98. The minimum Gasteiger partial charge on any atom is -0.339 e. The number of aromatic nitrogens is 2. The monoisotopic (exact) mass is 385 g/mol. The van der Waals surface area contributed by atoms with Crippen molar-refractivity contribution in [2.75, 3.05) is 42.5 Å². The maximum Gasteiger partial charge on any atom is 0.228 e. The van der Waals surface area contributed by atoms with Crippen LogP contribution in [0.4, 0.5) is 11.6 Å². The molecule has 140 valence electrons. The lowest BCUT2D eigenvalue weighted by molar-refractivity contribution is -0.136. The summed E-state index contributed by atoms with van der Waals surface area (Å²) in [7, 11) is 0. The third-order valence-electron chi connectivity index (χ3n) is 5.04. The third-order valence-corrected chi connectivity index (χ3v) is 5.29. The first-order valence-corrected chi connectivity index (χ1v) is 9.36. The lowest BCUT2D eigenvalue weighted by Gasteiger charge is -2.35. The molecule has 7 nitrogen and oxygen atoms in total. The van der Waals surface area contributed by atoms with Crippen molar-refractivity contribution in [3.8, 4) is 0 Å². The van der Waals surface area contributed by atoms with E-state index in [1.165, 1.54) is 0 Å². The molecule has 0 bridgehead atoms.